The second kappa shape index (κ2) is 6.64. The van der Waals surface area contributed by atoms with E-state index in [9.17, 15) is 4.39 Å². The van der Waals surface area contributed by atoms with Crippen molar-refractivity contribution in [2.24, 2.45) is 11.8 Å². The van der Waals surface area contributed by atoms with Gasteiger partial charge in [-0.15, -0.1) is 0 Å². The minimum atomic E-state index is -0.411. The normalized spacial score (nSPS) is 27.8. The van der Waals surface area contributed by atoms with Crippen LogP contribution in [0.2, 0.25) is 10.0 Å². The molecule has 1 aromatic rings. The summed E-state index contributed by atoms with van der Waals surface area (Å²) in [6, 6.07) is 3.29. The van der Waals surface area contributed by atoms with Gasteiger partial charge in [0.25, 0.3) is 0 Å². The first kappa shape index (κ1) is 16.1. The summed E-state index contributed by atoms with van der Waals surface area (Å²) in [5, 5.41) is 4.24. The third-order valence-electron chi connectivity index (χ3n) is 4.73. The molecule has 1 fully saturated rings. The molecule has 0 radical (unpaired) electrons. The van der Waals surface area contributed by atoms with Crippen molar-refractivity contribution in [1.29, 1.82) is 0 Å². The largest absolute Gasteiger partial charge is 0.307 e. The second-order valence-electron chi connectivity index (χ2n) is 5.86. The molecule has 1 aliphatic carbocycles. The fraction of sp³-hybridized carbons (Fsp3) is 0.625. The van der Waals surface area contributed by atoms with Gasteiger partial charge in [0, 0.05) is 22.7 Å². The van der Waals surface area contributed by atoms with Gasteiger partial charge in [0.15, 0.2) is 0 Å². The maximum atomic E-state index is 13.6. The molecular formula is C16H22Cl2FN. The fourth-order valence-electron chi connectivity index (χ4n) is 3.40. The zero-order valence-corrected chi connectivity index (χ0v) is 13.7. The number of hydrogen-bond acceptors (Lipinski definition) is 1. The van der Waals surface area contributed by atoms with Crippen molar-refractivity contribution in [2.75, 3.05) is 0 Å². The van der Waals surface area contributed by atoms with Crippen LogP contribution in [0.4, 0.5) is 4.39 Å². The van der Waals surface area contributed by atoms with Crippen molar-refractivity contribution < 1.29 is 4.39 Å². The fourth-order valence-corrected chi connectivity index (χ4v) is 4.10. The Morgan fingerprint density at radius 1 is 1.35 bits per heavy atom. The van der Waals surface area contributed by atoms with E-state index in [2.05, 4.69) is 19.2 Å². The number of benzene rings is 1. The zero-order chi connectivity index (χ0) is 14.9. The average molecular weight is 318 g/mol. The van der Waals surface area contributed by atoms with Crippen molar-refractivity contribution in [3.05, 3.63) is 33.6 Å². The molecule has 0 bridgehead atoms. The van der Waals surface area contributed by atoms with E-state index >= 15 is 0 Å². The maximum absolute atomic E-state index is 13.6. The molecule has 4 unspecified atom stereocenters. The average Bonchev–Trinajstić information content (AvgIpc) is 2.75. The summed E-state index contributed by atoms with van der Waals surface area (Å²) in [6.45, 7) is 6.53. The molecular weight excluding hydrogens is 296 g/mol. The van der Waals surface area contributed by atoms with Gasteiger partial charge < -0.3 is 5.32 Å². The van der Waals surface area contributed by atoms with Gasteiger partial charge >= 0.3 is 0 Å². The van der Waals surface area contributed by atoms with Crippen LogP contribution in [-0.2, 0) is 0 Å². The highest BCUT2D eigenvalue weighted by Crippen LogP contribution is 2.37. The van der Waals surface area contributed by atoms with Crippen molar-refractivity contribution in [3.63, 3.8) is 0 Å². The van der Waals surface area contributed by atoms with Crippen LogP contribution < -0.4 is 5.32 Å². The maximum Gasteiger partial charge on any atom is 0.142 e. The van der Waals surface area contributed by atoms with Gasteiger partial charge in [0.05, 0.1) is 5.02 Å². The van der Waals surface area contributed by atoms with E-state index in [0.717, 1.165) is 12.3 Å². The molecule has 0 heterocycles. The molecule has 0 aromatic heterocycles. The predicted octanol–water partition coefficient (Wildman–Crippen LogP) is 5.61. The van der Waals surface area contributed by atoms with Crippen LogP contribution in [0.25, 0.3) is 0 Å². The molecule has 4 atom stereocenters. The lowest BCUT2D eigenvalue weighted by Crippen LogP contribution is -2.35. The smallest absolute Gasteiger partial charge is 0.142 e. The van der Waals surface area contributed by atoms with Crippen molar-refractivity contribution in [2.45, 2.75) is 52.1 Å². The Hall–Kier alpha value is -0.310. The quantitative estimate of drug-likeness (QED) is 0.712. The first-order valence-electron chi connectivity index (χ1n) is 7.35. The first-order valence-corrected chi connectivity index (χ1v) is 8.10. The Morgan fingerprint density at radius 3 is 2.65 bits per heavy atom. The van der Waals surface area contributed by atoms with E-state index in [1.165, 1.54) is 18.9 Å². The summed E-state index contributed by atoms with van der Waals surface area (Å²) in [6.07, 6.45) is 3.64. The van der Waals surface area contributed by atoms with E-state index < -0.39 is 5.82 Å². The first-order chi connectivity index (χ1) is 9.45. The van der Waals surface area contributed by atoms with Gasteiger partial charge in [-0.25, -0.2) is 4.39 Å². The molecule has 0 aliphatic heterocycles. The van der Waals surface area contributed by atoms with Gasteiger partial charge in [0.1, 0.15) is 5.82 Å². The Morgan fingerprint density at radius 2 is 2.05 bits per heavy atom. The Labute approximate surface area is 130 Å². The van der Waals surface area contributed by atoms with E-state index in [0.29, 0.717) is 22.5 Å². The predicted molar refractivity (Wildman–Crippen MR) is 83.9 cm³/mol. The van der Waals surface area contributed by atoms with Crippen LogP contribution >= 0.6 is 23.2 Å². The summed E-state index contributed by atoms with van der Waals surface area (Å²) in [5.41, 5.74) is 0.667. The molecule has 0 saturated heterocycles. The summed E-state index contributed by atoms with van der Waals surface area (Å²) in [7, 11) is 0. The summed E-state index contributed by atoms with van der Waals surface area (Å²) < 4.78 is 13.6. The Kier molecular flexibility index (Phi) is 5.33. The molecule has 20 heavy (non-hydrogen) atoms. The van der Waals surface area contributed by atoms with Crippen LogP contribution in [-0.4, -0.2) is 6.04 Å². The highest BCUT2D eigenvalue weighted by atomic mass is 35.5. The number of rotatable bonds is 4. The van der Waals surface area contributed by atoms with Gasteiger partial charge in [0.2, 0.25) is 0 Å². The third kappa shape index (κ3) is 3.13. The van der Waals surface area contributed by atoms with Gasteiger partial charge in [-0.1, -0.05) is 43.5 Å². The molecule has 4 heteroatoms. The van der Waals surface area contributed by atoms with E-state index in [4.69, 9.17) is 23.2 Å². The molecule has 2 rings (SSSR count). The van der Waals surface area contributed by atoms with Gasteiger partial charge in [-0.2, -0.15) is 0 Å². The van der Waals surface area contributed by atoms with E-state index in [-0.39, 0.29) is 11.1 Å². The lowest BCUT2D eigenvalue weighted by molar-refractivity contribution is 0.327. The third-order valence-corrected chi connectivity index (χ3v) is 5.44. The van der Waals surface area contributed by atoms with Crippen molar-refractivity contribution in [3.8, 4) is 0 Å². The molecule has 1 nitrogen and oxygen atoms in total. The minimum Gasteiger partial charge on any atom is -0.307 e. The molecule has 1 saturated carbocycles. The van der Waals surface area contributed by atoms with Crippen LogP contribution in [0.15, 0.2) is 12.1 Å². The second-order valence-corrected chi connectivity index (χ2v) is 6.64. The van der Waals surface area contributed by atoms with Gasteiger partial charge in [-0.3, -0.25) is 0 Å². The molecule has 0 amide bonds. The lowest BCUT2D eigenvalue weighted by Gasteiger charge is -2.26. The molecule has 1 aromatic carbocycles. The SMILES string of the molecule is CCC1CCC(NC(C)c2c(Cl)ccc(F)c2Cl)C1C. The van der Waals surface area contributed by atoms with Crippen LogP contribution in [0.1, 0.15) is 51.6 Å². The molecule has 1 aliphatic rings. The van der Waals surface area contributed by atoms with Crippen molar-refractivity contribution >= 4 is 23.2 Å². The molecule has 1 N–H and O–H groups in total. The van der Waals surface area contributed by atoms with E-state index in [1.54, 1.807) is 6.07 Å². The van der Waals surface area contributed by atoms with Crippen LogP contribution in [0.5, 0.6) is 0 Å². The summed E-state index contributed by atoms with van der Waals surface area (Å²) in [5.74, 6) is 0.998. The number of hydrogen-bond donors (Lipinski definition) is 1. The summed E-state index contributed by atoms with van der Waals surface area (Å²) >= 11 is 12.3. The van der Waals surface area contributed by atoms with Crippen LogP contribution in [0, 0.1) is 17.7 Å². The van der Waals surface area contributed by atoms with E-state index in [1.807, 2.05) is 6.92 Å². The molecule has 0 spiro atoms. The highest BCUT2D eigenvalue weighted by molar-refractivity contribution is 6.36. The summed E-state index contributed by atoms with van der Waals surface area (Å²) in [4.78, 5) is 0. The molecule has 112 valence electrons. The standard InChI is InChI=1S/C16H22Cl2FN/c1-4-11-5-8-14(9(11)2)20-10(3)15-12(17)6-7-13(19)16(15)18/h6-7,9-11,14,20H,4-5,8H2,1-3H3. The van der Waals surface area contributed by atoms with Gasteiger partial charge in [-0.05, 0) is 43.7 Å². The number of nitrogens with one attached hydrogen (secondary N) is 1. The topological polar surface area (TPSA) is 12.0 Å². The number of halogens is 3. The minimum absolute atomic E-state index is 0.0474. The van der Waals surface area contributed by atoms with Crippen LogP contribution in [0.3, 0.4) is 0 Å². The zero-order valence-electron chi connectivity index (χ0n) is 12.2. The Bertz CT molecular complexity index is 478. The highest BCUT2D eigenvalue weighted by Gasteiger charge is 2.32. The Balaban J connectivity index is 2.13. The van der Waals surface area contributed by atoms with Crippen molar-refractivity contribution in [1.82, 2.24) is 5.32 Å². The lowest BCUT2D eigenvalue weighted by atomic mass is 9.93. The monoisotopic (exact) mass is 317 g/mol.